The van der Waals surface area contributed by atoms with Crippen molar-refractivity contribution >= 4 is 29.9 Å². The molecular weight excluding hydrogens is 445 g/mol. The lowest BCUT2D eigenvalue weighted by atomic mass is 10.0. The fraction of sp³-hybridized carbons (Fsp3) is 0.500. The molecule has 1 unspecified atom stereocenters. The summed E-state index contributed by atoms with van der Waals surface area (Å²) >= 11 is 0. The van der Waals surface area contributed by atoms with E-state index >= 15 is 0 Å². The lowest BCUT2D eigenvalue weighted by Gasteiger charge is -2.28. The van der Waals surface area contributed by atoms with Gasteiger partial charge < -0.3 is 19.9 Å². The first kappa shape index (κ1) is 20.5. The lowest BCUT2D eigenvalue weighted by Crippen LogP contribution is -2.41. The molecule has 1 atom stereocenters. The normalized spacial score (nSPS) is 16.5. The molecule has 0 saturated heterocycles. The van der Waals surface area contributed by atoms with Crippen LogP contribution >= 0.6 is 24.0 Å². The van der Waals surface area contributed by atoms with E-state index in [1.54, 1.807) is 7.05 Å². The third kappa shape index (κ3) is 5.09. The molecule has 2 aromatic rings. The molecule has 7 nitrogen and oxygen atoms in total. The van der Waals surface area contributed by atoms with Crippen LogP contribution < -0.4 is 15.4 Å². The Bertz CT molecular complexity index is 732. The molecule has 1 aliphatic heterocycles. The van der Waals surface area contributed by atoms with E-state index in [4.69, 9.17) is 9.26 Å². The van der Waals surface area contributed by atoms with Gasteiger partial charge in [0.2, 0.25) is 5.89 Å². The molecule has 3 rings (SSSR count). The summed E-state index contributed by atoms with van der Waals surface area (Å²) in [7, 11) is 1.77. The Hall–Kier alpha value is -1.84. The molecule has 2 N–H and O–H groups in total. The van der Waals surface area contributed by atoms with E-state index in [0.717, 1.165) is 29.5 Å². The Labute approximate surface area is 171 Å². The van der Waals surface area contributed by atoms with Crippen molar-refractivity contribution in [3.63, 3.8) is 0 Å². The van der Waals surface area contributed by atoms with E-state index in [1.807, 2.05) is 32.0 Å². The zero-order valence-corrected chi connectivity index (χ0v) is 17.7. The summed E-state index contributed by atoms with van der Waals surface area (Å²) < 4.78 is 11.0. The number of ether oxygens (including phenoxy) is 1. The van der Waals surface area contributed by atoms with E-state index in [2.05, 4.69) is 31.8 Å². The highest BCUT2D eigenvalue weighted by Gasteiger charge is 2.21. The van der Waals surface area contributed by atoms with Crippen LogP contribution in [0.1, 0.15) is 49.5 Å². The first-order chi connectivity index (χ1) is 12.2. The largest absolute Gasteiger partial charge is 0.493 e. The fourth-order valence-corrected chi connectivity index (χ4v) is 2.74. The van der Waals surface area contributed by atoms with Gasteiger partial charge in [0, 0.05) is 37.9 Å². The highest BCUT2D eigenvalue weighted by atomic mass is 127. The quantitative estimate of drug-likeness (QED) is 0.396. The summed E-state index contributed by atoms with van der Waals surface area (Å²) in [6, 6.07) is 8.30. The minimum absolute atomic E-state index is 0. The maximum absolute atomic E-state index is 5.70. The molecule has 8 heteroatoms. The maximum atomic E-state index is 5.70. The molecule has 0 spiro atoms. The van der Waals surface area contributed by atoms with Gasteiger partial charge in [-0.3, -0.25) is 4.99 Å². The van der Waals surface area contributed by atoms with Gasteiger partial charge in [0.1, 0.15) is 5.75 Å². The van der Waals surface area contributed by atoms with Gasteiger partial charge in [0.05, 0.1) is 12.6 Å². The number of guanidine groups is 1. The van der Waals surface area contributed by atoms with Crippen molar-refractivity contribution in [3.05, 3.63) is 41.5 Å². The standard InChI is InChI=1S/C18H25N5O2.HI/c1-12(2)17-22-16(25-23-17)8-10-20-18(19-3)21-14-9-11-24-15-7-5-4-6-13(14)15;/h4-7,12,14H,8-11H2,1-3H3,(H2,19,20,21);1H. The van der Waals surface area contributed by atoms with Gasteiger partial charge in [0.25, 0.3) is 0 Å². The Morgan fingerprint density at radius 2 is 2.15 bits per heavy atom. The Morgan fingerprint density at radius 3 is 2.88 bits per heavy atom. The summed E-state index contributed by atoms with van der Waals surface area (Å²) in [5.41, 5.74) is 1.16. The van der Waals surface area contributed by atoms with Crippen molar-refractivity contribution < 1.29 is 9.26 Å². The number of nitrogens with one attached hydrogen (secondary N) is 2. The number of para-hydroxylation sites is 1. The minimum atomic E-state index is 0. The van der Waals surface area contributed by atoms with Crippen LogP contribution in [0.4, 0.5) is 0 Å². The predicted molar refractivity (Wildman–Crippen MR) is 111 cm³/mol. The second-order valence-electron chi connectivity index (χ2n) is 6.32. The first-order valence-electron chi connectivity index (χ1n) is 8.68. The van der Waals surface area contributed by atoms with Crippen LogP contribution in [0.2, 0.25) is 0 Å². The molecule has 26 heavy (non-hydrogen) atoms. The molecule has 142 valence electrons. The number of aromatic nitrogens is 2. The monoisotopic (exact) mass is 471 g/mol. The average molecular weight is 471 g/mol. The van der Waals surface area contributed by atoms with E-state index in [0.29, 0.717) is 25.5 Å². The second-order valence-corrected chi connectivity index (χ2v) is 6.32. The highest BCUT2D eigenvalue weighted by molar-refractivity contribution is 14.0. The first-order valence-corrected chi connectivity index (χ1v) is 8.68. The van der Waals surface area contributed by atoms with E-state index in [-0.39, 0.29) is 35.9 Å². The SMILES string of the molecule is CN=C(NCCc1nc(C(C)C)no1)NC1CCOc2ccccc21.I. The van der Waals surface area contributed by atoms with Crippen molar-refractivity contribution in [2.75, 3.05) is 20.2 Å². The van der Waals surface area contributed by atoms with Crippen LogP contribution in [0.25, 0.3) is 0 Å². The summed E-state index contributed by atoms with van der Waals surface area (Å²) in [5, 5.41) is 10.7. The summed E-state index contributed by atoms with van der Waals surface area (Å²) in [6.45, 7) is 5.46. The third-order valence-electron chi connectivity index (χ3n) is 4.12. The van der Waals surface area contributed by atoms with E-state index < -0.39 is 0 Å². The zero-order chi connectivity index (χ0) is 17.6. The number of hydrogen-bond acceptors (Lipinski definition) is 5. The van der Waals surface area contributed by atoms with E-state index in [9.17, 15) is 0 Å². The number of nitrogens with zero attached hydrogens (tertiary/aromatic N) is 3. The molecule has 1 aromatic heterocycles. The van der Waals surface area contributed by atoms with Gasteiger partial charge in [-0.05, 0) is 6.07 Å². The number of fused-ring (bicyclic) bond motifs is 1. The van der Waals surface area contributed by atoms with Crippen molar-refractivity contribution in [3.8, 4) is 5.75 Å². The van der Waals surface area contributed by atoms with Crippen LogP contribution in [-0.4, -0.2) is 36.3 Å². The molecule has 0 radical (unpaired) electrons. The number of aliphatic imine (C=N–C) groups is 1. The van der Waals surface area contributed by atoms with Crippen LogP contribution in [0.3, 0.4) is 0 Å². The molecular formula is C18H26IN5O2. The van der Waals surface area contributed by atoms with Crippen molar-refractivity contribution in [1.82, 2.24) is 20.8 Å². The number of hydrogen-bond donors (Lipinski definition) is 2. The van der Waals surface area contributed by atoms with Crippen molar-refractivity contribution in [2.24, 2.45) is 4.99 Å². The van der Waals surface area contributed by atoms with Gasteiger partial charge in [-0.2, -0.15) is 4.98 Å². The zero-order valence-electron chi connectivity index (χ0n) is 15.4. The van der Waals surface area contributed by atoms with E-state index in [1.165, 1.54) is 0 Å². The van der Waals surface area contributed by atoms with Crippen LogP contribution in [-0.2, 0) is 6.42 Å². The van der Waals surface area contributed by atoms with Gasteiger partial charge in [0.15, 0.2) is 11.8 Å². The molecule has 0 saturated carbocycles. The van der Waals surface area contributed by atoms with Crippen molar-refractivity contribution in [2.45, 2.75) is 38.6 Å². The number of benzene rings is 1. The van der Waals surface area contributed by atoms with Crippen molar-refractivity contribution in [1.29, 1.82) is 0 Å². The van der Waals surface area contributed by atoms with Crippen LogP contribution in [0, 0.1) is 0 Å². The molecule has 0 aliphatic carbocycles. The molecule has 2 heterocycles. The van der Waals surface area contributed by atoms with Gasteiger partial charge in [-0.25, -0.2) is 0 Å². The fourth-order valence-electron chi connectivity index (χ4n) is 2.74. The van der Waals surface area contributed by atoms with Gasteiger partial charge in [-0.1, -0.05) is 37.2 Å². The summed E-state index contributed by atoms with van der Waals surface area (Å²) in [5.74, 6) is 3.35. The highest BCUT2D eigenvalue weighted by Crippen LogP contribution is 2.31. The Kier molecular flexibility index (Phi) is 7.67. The molecule has 1 aliphatic rings. The Balaban J connectivity index is 0.00000243. The predicted octanol–water partition coefficient (Wildman–Crippen LogP) is 3.04. The lowest BCUT2D eigenvalue weighted by molar-refractivity contribution is 0.261. The molecule has 0 bridgehead atoms. The topological polar surface area (TPSA) is 84.6 Å². The molecule has 0 amide bonds. The smallest absolute Gasteiger partial charge is 0.228 e. The van der Waals surface area contributed by atoms with Crippen LogP contribution in [0.5, 0.6) is 5.75 Å². The Morgan fingerprint density at radius 1 is 1.35 bits per heavy atom. The number of halogens is 1. The van der Waals surface area contributed by atoms with Gasteiger partial charge in [-0.15, -0.1) is 24.0 Å². The second kappa shape index (κ2) is 9.75. The maximum Gasteiger partial charge on any atom is 0.228 e. The molecule has 1 aromatic carbocycles. The minimum Gasteiger partial charge on any atom is -0.493 e. The average Bonchev–Trinajstić information content (AvgIpc) is 3.10. The van der Waals surface area contributed by atoms with Crippen LogP contribution in [0.15, 0.2) is 33.8 Å². The summed E-state index contributed by atoms with van der Waals surface area (Å²) in [6.07, 6.45) is 1.56. The van der Waals surface area contributed by atoms with Gasteiger partial charge >= 0.3 is 0 Å². The summed E-state index contributed by atoms with van der Waals surface area (Å²) in [4.78, 5) is 8.69. The number of rotatable bonds is 5. The molecule has 0 fully saturated rings. The third-order valence-corrected chi connectivity index (χ3v) is 4.12.